The van der Waals surface area contributed by atoms with Gasteiger partial charge >= 0.3 is 0 Å². The van der Waals surface area contributed by atoms with Crippen molar-refractivity contribution in [2.24, 2.45) is 5.84 Å². The van der Waals surface area contributed by atoms with Crippen molar-refractivity contribution in [3.05, 3.63) is 0 Å². The summed E-state index contributed by atoms with van der Waals surface area (Å²) in [5.41, 5.74) is 2.46. The minimum absolute atomic E-state index is 0.00119. The molecule has 0 aromatic rings. The van der Waals surface area contributed by atoms with Gasteiger partial charge in [0.05, 0.1) is 18.0 Å². The average Bonchev–Trinajstić information content (AvgIpc) is 2.21. The van der Waals surface area contributed by atoms with Crippen molar-refractivity contribution >= 4 is 9.84 Å². The predicted octanol–water partition coefficient (Wildman–Crippen LogP) is 0.848. The molecule has 17 heavy (non-hydrogen) atoms. The van der Waals surface area contributed by atoms with Crippen molar-refractivity contribution in [1.29, 1.82) is 0 Å². The summed E-state index contributed by atoms with van der Waals surface area (Å²) in [6.45, 7) is 8.08. The molecule has 0 aliphatic heterocycles. The first-order valence-electron chi connectivity index (χ1n) is 6.00. The molecule has 0 bridgehead atoms. The van der Waals surface area contributed by atoms with Crippen molar-refractivity contribution in [3.63, 3.8) is 0 Å². The molecule has 1 unspecified atom stereocenters. The maximum atomic E-state index is 11.3. The third-order valence-corrected chi connectivity index (χ3v) is 4.19. The Balaban J connectivity index is 3.91. The quantitative estimate of drug-likeness (QED) is 0.503. The molecule has 0 heterocycles. The van der Waals surface area contributed by atoms with Crippen molar-refractivity contribution in [2.45, 2.75) is 52.2 Å². The molecule has 0 aliphatic rings. The number of sulfone groups is 1. The highest BCUT2D eigenvalue weighted by Crippen LogP contribution is 2.09. The van der Waals surface area contributed by atoms with Gasteiger partial charge in [-0.2, -0.15) is 0 Å². The maximum absolute atomic E-state index is 11.3. The van der Waals surface area contributed by atoms with Crippen molar-refractivity contribution in [2.75, 3.05) is 18.1 Å². The zero-order valence-corrected chi connectivity index (χ0v) is 12.1. The highest BCUT2D eigenvalue weighted by molar-refractivity contribution is 7.91. The van der Waals surface area contributed by atoms with Crippen LogP contribution < -0.4 is 11.3 Å². The lowest BCUT2D eigenvalue weighted by atomic mass is 10.1. The molecule has 0 aromatic carbocycles. The molecule has 5 nitrogen and oxygen atoms in total. The Kier molecular flexibility index (Phi) is 7.23. The second kappa shape index (κ2) is 7.31. The molecule has 6 heteroatoms. The zero-order chi connectivity index (χ0) is 13.5. The lowest BCUT2D eigenvalue weighted by molar-refractivity contribution is -0.0154. The van der Waals surface area contributed by atoms with Crippen LogP contribution in [-0.4, -0.2) is 38.2 Å². The summed E-state index contributed by atoms with van der Waals surface area (Å²) in [6, 6.07) is 0.00119. The highest BCUT2D eigenvalue weighted by atomic mass is 32.2. The second-order valence-corrected chi connectivity index (χ2v) is 7.64. The summed E-state index contributed by atoms with van der Waals surface area (Å²) in [5, 5.41) is 0. The first-order chi connectivity index (χ1) is 7.70. The van der Waals surface area contributed by atoms with Crippen LogP contribution in [0.15, 0.2) is 0 Å². The normalized spacial score (nSPS) is 14.9. The summed E-state index contributed by atoms with van der Waals surface area (Å²) >= 11 is 0. The minimum Gasteiger partial charge on any atom is -0.374 e. The number of nitrogens with two attached hydrogens (primary N) is 1. The molecular weight excluding hydrogens is 240 g/mol. The number of ether oxygens (including phenoxy) is 1. The Morgan fingerprint density at radius 2 is 1.94 bits per heavy atom. The van der Waals surface area contributed by atoms with Crippen LogP contribution in [0.3, 0.4) is 0 Å². The summed E-state index contributed by atoms with van der Waals surface area (Å²) in [5.74, 6) is 5.83. The molecule has 0 aliphatic carbocycles. The van der Waals surface area contributed by atoms with Gasteiger partial charge in [-0.05, 0) is 33.6 Å². The molecule has 0 amide bonds. The monoisotopic (exact) mass is 266 g/mol. The van der Waals surface area contributed by atoms with Gasteiger partial charge in [0, 0.05) is 11.8 Å². The molecule has 0 fully saturated rings. The predicted molar refractivity (Wildman–Crippen MR) is 70.4 cm³/mol. The summed E-state index contributed by atoms with van der Waals surface area (Å²) in [4.78, 5) is 0. The van der Waals surface area contributed by atoms with Crippen molar-refractivity contribution in [3.8, 4) is 0 Å². The van der Waals surface area contributed by atoms with E-state index in [1.807, 2.05) is 20.8 Å². The van der Waals surface area contributed by atoms with Crippen LogP contribution in [-0.2, 0) is 14.6 Å². The summed E-state index contributed by atoms with van der Waals surface area (Å²) in [7, 11) is -2.88. The Labute approximate surface area is 105 Å². The van der Waals surface area contributed by atoms with E-state index in [9.17, 15) is 8.42 Å². The smallest absolute Gasteiger partial charge is 0.150 e. The second-order valence-electron chi connectivity index (χ2n) is 5.17. The number of hydrogen-bond acceptors (Lipinski definition) is 5. The SMILES string of the molecule is CCS(=O)(=O)CCCC(COC(C)(C)C)NN. The lowest BCUT2D eigenvalue weighted by Crippen LogP contribution is -2.41. The van der Waals surface area contributed by atoms with E-state index in [1.165, 1.54) is 0 Å². The highest BCUT2D eigenvalue weighted by Gasteiger charge is 2.15. The fraction of sp³-hybridized carbons (Fsp3) is 1.00. The standard InChI is InChI=1S/C11H26N2O3S/c1-5-17(14,15)8-6-7-10(13-12)9-16-11(2,3)4/h10,13H,5-9,12H2,1-4H3. The van der Waals surface area contributed by atoms with E-state index in [1.54, 1.807) is 6.92 Å². The molecule has 0 aromatic heterocycles. The third-order valence-electron chi connectivity index (χ3n) is 2.40. The van der Waals surface area contributed by atoms with Crippen LogP contribution in [0.5, 0.6) is 0 Å². The van der Waals surface area contributed by atoms with Gasteiger partial charge in [-0.15, -0.1) is 0 Å². The first-order valence-corrected chi connectivity index (χ1v) is 7.83. The van der Waals surface area contributed by atoms with E-state index < -0.39 is 9.84 Å². The van der Waals surface area contributed by atoms with E-state index >= 15 is 0 Å². The van der Waals surface area contributed by atoms with Gasteiger partial charge in [-0.1, -0.05) is 6.92 Å². The van der Waals surface area contributed by atoms with Gasteiger partial charge in [0.15, 0.2) is 0 Å². The lowest BCUT2D eigenvalue weighted by Gasteiger charge is -2.24. The summed E-state index contributed by atoms with van der Waals surface area (Å²) < 4.78 is 28.2. The summed E-state index contributed by atoms with van der Waals surface area (Å²) in [6.07, 6.45) is 1.31. The van der Waals surface area contributed by atoms with Gasteiger partial charge in [0.1, 0.15) is 9.84 Å². The number of hydrogen-bond donors (Lipinski definition) is 2. The Bertz CT molecular complexity index is 296. The molecule has 0 rings (SSSR count). The fourth-order valence-electron chi connectivity index (χ4n) is 1.26. The van der Waals surface area contributed by atoms with E-state index in [0.29, 0.717) is 19.4 Å². The molecule has 3 N–H and O–H groups in total. The van der Waals surface area contributed by atoms with Gasteiger partial charge in [-0.3, -0.25) is 11.3 Å². The van der Waals surface area contributed by atoms with Gasteiger partial charge in [0.25, 0.3) is 0 Å². The van der Waals surface area contributed by atoms with Crippen molar-refractivity contribution < 1.29 is 13.2 Å². The molecular formula is C11H26N2O3S. The largest absolute Gasteiger partial charge is 0.374 e. The molecule has 0 saturated carbocycles. The number of nitrogens with one attached hydrogen (secondary N) is 1. The van der Waals surface area contributed by atoms with E-state index in [2.05, 4.69) is 5.43 Å². The van der Waals surface area contributed by atoms with Crippen molar-refractivity contribution in [1.82, 2.24) is 5.43 Å². The Morgan fingerprint density at radius 1 is 1.35 bits per heavy atom. The first kappa shape index (κ1) is 16.8. The topological polar surface area (TPSA) is 81.4 Å². The van der Waals surface area contributed by atoms with Crippen LogP contribution in [0.4, 0.5) is 0 Å². The van der Waals surface area contributed by atoms with Crippen LogP contribution >= 0.6 is 0 Å². The molecule has 104 valence electrons. The van der Waals surface area contributed by atoms with Crippen LogP contribution in [0, 0.1) is 0 Å². The zero-order valence-electron chi connectivity index (χ0n) is 11.3. The van der Waals surface area contributed by atoms with Crippen LogP contribution in [0.2, 0.25) is 0 Å². The van der Waals surface area contributed by atoms with Gasteiger partial charge < -0.3 is 4.74 Å². The molecule has 1 atom stereocenters. The third kappa shape index (κ3) is 9.52. The fourth-order valence-corrected chi connectivity index (χ4v) is 2.15. The van der Waals surface area contributed by atoms with Gasteiger partial charge in [-0.25, -0.2) is 8.42 Å². The molecule has 0 radical (unpaired) electrons. The molecule has 0 saturated heterocycles. The Hall–Kier alpha value is -0.170. The Morgan fingerprint density at radius 3 is 2.35 bits per heavy atom. The van der Waals surface area contributed by atoms with E-state index in [-0.39, 0.29) is 23.1 Å². The van der Waals surface area contributed by atoms with Crippen LogP contribution in [0.1, 0.15) is 40.5 Å². The van der Waals surface area contributed by atoms with E-state index in [0.717, 1.165) is 0 Å². The average molecular weight is 266 g/mol. The minimum atomic E-state index is -2.88. The van der Waals surface area contributed by atoms with Crippen LogP contribution in [0.25, 0.3) is 0 Å². The number of rotatable bonds is 8. The maximum Gasteiger partial charge on any atom is 0.150 e. The molecule has 0 spiro atoms. The van der Waals surface area contributed by atoms with E-state index in [4.69, 9.17) is 10.6 Å². The van der Waals surface area contributed by atoms with Gasteiger partial charge in [0.2, 0.25) is 0 Å². The number of hydrazine groups is 1.